The van der Waals surface area contributed by atoms with Crippen LogP contribution in [0.4, 0.5) is 26.3 Å². The molecule has 4 unspecified atom stereocenters. The van der Waals surface area contributed by atoms with Crippen LogP contribution in [0.25, 0.3) is 43.1 Å². The van der Waals surface area contributed by atoms with Gasteiger partial charge in [0.05, 0.1) is 116 Å². The molecule has 23 rings (SSSR count). The lowest BCUT2D eigenvalue weighted by atomic mass is 10.00. The second-order valence-electron chi connectivity index (χ2n) is 35.9. The molecule has 139 heavy (non-hydrogen) atoms. The Labute approximate surface area is 779 Å². The third-order valence-electron chi connectivity index (χ3n) is 26.3. The van der Waals surface area contributed by atoms with Crippen LogP contribution in [0.5, 0.6) is 0 Å². The summed E-state index contributed by atoms with van der Waals surface area (Å²) in [6, 6.07) is 44.6. The second kappa shape index (κ2) is 36.0. The van der Waals surface area contributed by atoms with Gasteiger partial charge in [0.15, 0.2) is 0 Å². The number of imide groups is 6. The number of hydrogen-bond donors (Lipinski definition) is 4. The Bertz CT molecular complexity index is 7770. The topological polar surface area (TPSA) is 442 Å². The molecule has 10 amide bonds. The lowest BCUT2D eigenvalue weighted by Crippen LogP contribution is -2.42. The van der Waals surface area contributed by atoms with E-state index in [1.807, 2.05) is 12.1 Å². The molecule has 3 aliphatic carbocycles. The number of aromatic amines is 4. The van der Waals surface area contributed by atoms with Gasteiger partial charge in [0.2, 0.25) is 41.2 Å². The van der Waals surface area contributed by atoms with Crippen molar-refractivity contribution in [1.29, 1.82) is 0 Å². The summed E-state index contributed by atoms with van der Waals surface area (Å²) < 4.78 is 96.2. The molecule has 6 aromatic heterocycles. The van der Waals surface area contributed by atoms with Crippen LogP contribution in [0.3, 0.4) is 0 Å². The molecular weight excluding hydrogens is 1810 g/mol. The van der Waals surface area contributed by atoms with Gasteiger partial charge in [0, 0.05) is 98.1 Å². The number of carbonyl (C=O) groups is 11. The Morgan fingerprint density at radius 3 is 0.986 bits per heavy atom. The van der Waals surface area contributed by atoms with Crippen molar-refractivity contribution in [2.75, 3.05) is 26.2 Å². The summed E-state index contributed by atoms with van der Waals surface area (Å²) in [6.07, 6.45) is 5.70. The molecule has 12 heterocycles. The first-order valence-electron chi connectivity index (χ1n) is 44.7. The van der Waals surface area contributed by atoms with Crippen LogP contribution in [-0.2, 0) is 86.6 Å². The predicted molar refractivity (Wildman–Crippen MR) is 478 cm³/mol. The summed E-state index contributed by atoms with van der Waals surface area (Å²) in [7, 11) is 0. The summed E-state index contributed by atoms with van der Waals surface area (Å²) in [5, 5.41) is 31.0. The fourth-order valence-corrected chi connectivity index (χ4v) is 18.5. The van der Waals surface area contributed by atoms with Gasteiger partial charge in [-0.25, -0.2) is 57.7 Å². The van der Waals surface area contributed by atoms with Crippen LogP contribution in [0.15, 0.2) is 198 Å². The van der Waals surface area contributed by atoms with Crippen molar-refractivity contribution < 1.29 is 87.9 Å². The van der Waals surface area contributed by atoms with Gasteiger partial charge in [-0.3, -0.25) is 71.9 Å². The first kappa shape index (κ1) is 90.3. The van der Waals surface area contributed by atoms with E-state index in [-0.39, 0.29) is 157 Å². The SMILES string of the molecule is CC(F)(F)c1nc2c(o1)CN(C(=O)c1cc(Cc3n[nH]c(=O)c4ccccc34)ccc1F)C2.O=C(C1CC1)N1CC2C(=O)N(C(=O)c3cc(Cc4n[nH]c(=O)c5ccccc45)ccc3F)C(=O)C2C1.O=C(c1cc(Cc2n[nH]c(=O)c3ccccc23)ccc1F)N1CC2C(=O)N(C(=O)C3CC3)C(=O)C2C1.O=C(c1nc2c(o1)CN(C(=O)c1cc(Cc3n[nH]c(=O)c4ccccc34)ccc1F)C2)C1CC1. The average Bonchev–Trinajstić information content (AvgIpc) is 1.59. The van der Waals surface area contributed by atoms with E-state index in [0.717, 1.165) is 36.6 Å². The fraction of sp³-hybridized carbons (Fsp3) is 0.270. The highest BCUT2D eigenvalue weighted by Gasteiger charge is 2.59. The average molecular weight is 1890 g/mol. The standard InChI is InChI=1S/2C26H21FN4O5.C25H19FN4O4.C23H17F3N4O3/c27-20-8-5-13(10-21-15-3-1-2-4-16(15)22(32)29-28-21)9-17(20)24(34)30-11-18-19(12-30)26(36)31(25(18)35)23(33)14-6-7-14;27-20-8-5-13(10-21-15-3-1-2-4-16(15)22(32)29-28-21)9-17(20)24(34)31-25(35)18-11-30(12-19(18)26(31)36)23(33)14-6-7-14;26-18-8-5-13(10-19-15-3-1-2-4-16(15)23(32)29-28-19)9-17(18)25(33)30-11-20-21(12-30)34-24(27-20)22(31)14-6-7-14;1-23(25,26)22-27-18-10-30(11-19(18)33-22)21(32)15-8-12(6-7-16(15)24)9-17-13-4-2-3-5-14(13)20(31)29-28-17/h2*1-5,8-9,14,18-19H,6-7,10-12H2,(H,29,32);1-5,8-9,14H,6-7,10-12H2,(H,29,32);2-8H,9-11H2,1H3,(H,29,31). The summed E-state index contributed by atoms with van der Waals surface area (Å²) in [6.45, 7) is 0.954. The van der Waals surface area contributed by atoms with E-state index >= 15 is 0 Å². The van der Waals surface area contributed by atoms with Crippen LogP contribution in [0.2, 0.25) is 0 Å². The van der Waals surface area contributed by atoms with Gasteiger partial charge in [-0.2, -0.15) is 29.2 Å². The summed E-state index contributed by atoms with van der Waals surface area (Å²) in [5.74, 6) is -15.4. The fourth-order valence-electron chi connectivity index (χ4n) is 18.5. The maximum Gasteiger partial charge on any atom is 0.319 e. The molecule has 6 aliphatic heterocycles. The lowest BCUT2D eigenvalue weighted by molar-refractivity contribution is -0.152. The first-order valence-corrected chi connectivity index (χ1v) is 44.7. The zero-order valence-corrected chi connectivity index (χ0v) is 73.5. The predicted octanol–water partition coefficient (Wildman–Crippen LogP) is 10.6. The minimum absolute atomic E-state index is 0.00222. The molecule has 4 atom stereocenters. The third kappa shape index (κ3) is 17.5. The number of rotatable bonds is 17. The molecule has 9 aliphatic rings. The zero-order valence-electron chi connectivity index (χ0n) is 73.5. The van der Waals surface area contributed by atoms with E-state index in [0.29, 0.717) is 131 Å². The van der Waals surface area contributed by atoms with Gasteiger partial charge in [-0.05, 0) is 134 Å². The molecule has 4 N–H and O–H groups in total. The van der Waals surface area contributed by atoms with Gasteiger partial charge in [-0.1, -0.05) is 97.1 Å². The number of nitrogens with one attached hydrogen (secondary N) is 4. The van der Waals surface area contributed by atoms with Gasteiger partial charge >= 0.3 is 5.92 Å². The number of likely N-dealkylation sites (tertiary alicyclic amines) is 4. The molecule has 39 heteroatoms. The Morgan fingerprint density at radius 2 is 0.655 bits per heavy atom. The van der Waals surface area contributed by atoms with Crippen LogP contribution >= 0.6 is 0 Å². The number of amides is 10. The van der Waals surface area contributed by atoms with Gasteiger partial charge in [0.1, 0.15) is 46.2 Å². The van der Waals surface area contributed by atoms with Crippen molar-refractivity contribution in [1.82, 2.24) is 80.2 Å². The van der Waals surface area contributed by atoms with Crippen molar-refractivity contribution in [3.63, 3.8) is 0 Å². The number of halogens is 6. The summed E-state index contributed by atoms with van der Waals surface area (Å²) in [5.41, 5.74) is 3.46. The van der Waals surface area contributed by atoms with Crippen LogP contribution in [0, 0.1) is 64.7 Å². The van der Waals surface area contributed by atoms with Gasteiger partial charge in [0.25, 0.3) is 57.6 Å². The van der Waals surface area contributed by atoms with E-state index < -0.39 is 117 Å². The minimum atomic E-state index is -3.22. The molecule has 33 nitrogen and oxygen atoms in total. The smallest absolute Gasteiger partial charge is 0.319 e. The quantitative estimate of drug-likeness (QED) is 0.0374. The number of ketones is 1. The van der Waals surface area contributed by atoms with E-state index in [9.17, 15) is 98.3 Å². The highest BCUT2D eigenvalue weighted by molar-refractivity contribution is 6.22. The molecule has 702 valence electrons. The molecule has 0 bridgehead atoms. The van der Waals surface area contributed by atoms with Crippen molar-refractivity contribution in [3.8, 4) is 0 Å². The first-order chi connectivity index (χ1) is 66.8. The molecule has 3 saturated carbocycles. The molecule has 4 saturated heterocycles. The number of nitrogens with zero attached hydrogens (tertiary/aromatic N) is 12. The summed E-state index contributed by atoms with van der Waals surface area (Å²) in [4.78, 5) is 204. The van der Waals surface area contributed by atoms with Crippen molar-refractivity contribution in [3.05, 3.63) is 337 Å². The Morgan fingerprint density at radius 1 is 0.353 bits per heavy atom. The van der Waals surface area contributed by atoms with E-state index in [1.165, 1.54) is 68.1 Å². The number of Topliss-reactive ketones (excluding diaryl/α,β-unsaturated/α-hetero) is 1. The maximum atomic E-state index is 14.7. The molecule has 0 radical (unpaired) electrons. The number of H-pyrrole nitrogens is 4. The monoisotopic (exact) mass is 1890 g/mol. The van der Waals surface area contributed by atoms with Crippen molar-refractivity contribution in [2.45, 2.75) is 103 Å². The highest BCUT2D eigenvalue weighted by atomic mass is 19.3. The van der Waals surface area contributed by atoms with Crippen LogP contribution < -0.4 is 22.2 Å². The van der Waals surface area contributed by atoms with E-state index in [2.05, 4.69) is 50.8 Å². The Kier molecular flexibility index (Phi) is 23.4. The number of carbonyl (C=O) groups excluding carboxylic acids is 11. The largest absolute Gasteiger partial charge is 0.438 e. The molecule has 0 spiro atoms. The normalized spacial score (nSPS) is 17.9. The molecule has 8 aromatic carbocycles. The molecule has 14 aromatic rings. The Hall–Kier alpha value is -16.5. The van der Waals surface area contributed by atoms with Crippen LogP contribution in [-0.4, -0.2) is 171 Å². The number of oxazole rings is 2. The van der Waals surface area contributed by atoms with Crippen molar-refractivity contribution >= 4 is 108 Å². The summed E-state index contributed by atoms with van der Waals surface area (Å²) >= 11 is 0. The van der Waals surface area contributed by atoms with E-state index in [4.69, 9.17) is 8.83 Å². The zero-order chi connectivity index (χ0) is 97.0. The van der Waals surface area contributed by atoms with E-state index in [1.54, 1.807) is 103 Å². The second-order valence-corrected chi connectivity index (χ2v) is 35.9. The maximum absolute atomic E-state index is 14.7. The lowest BCUT2D eigenvalue weighted by Gasteiger charge is -2.20. The highest BCUT2D eigenvalue weighted by Crippen LogP contribution is 2.43. The van der Waals surface area contributed by atoms with Crippen molar-refractivity contribution in [2.24, 2.45) is 41.4 Å². The number of aromatic nitrogens is 10. The molecular formula is C100H78F6N16O17. The Balaban J connectivity index is 0.000000114. The number of benzene rings is 8. The third-order valence-corrected chi connectivity index (χ3v) is 26.3. The number of fused-ring (bicyclic) bond motifs is 8. The minimum Gasteiger partial charge on any atom is -0.438 e. The number of alkyl halides is 2. The van der Waals surface area contributed by atoms with Crippen LogP contribution in [0.1, 0.15) is 171 Å². The van der Waals surface area contributed by atoms with Gasteiger partial charge < -0.3 is 28.4 Å². The van der Waals surface area contributed by atoms with Gasteiger partial charge in [-0.15, -0.1) is 0 Å². The molecule has 7 fully saturated rings. The number of hydrogen-bond acceptors (Lipinski definition) is 23.